The van der Waals surface area contributed by atoms with Gasteiger partial charge in [0.1, 0.15) is 0 Å². The van der Waals surface area contributed by atoms with Gasteiger partial charge in [-0.05, 0) is 12.3 Å². The molecule has 1 fully saturated rings. The van der Waals surface area contributed by atoms with Crippen LogP contribution in [0.4, 0.5) is 0 Å². The molecule has 2 unspecified atom stereocenters. The molecule has 1 aliphatic heterocycles. The predicted octanol–water partition coefficient (Wildman–Crippen LogP) is 0.190. The summed E-state index contributed by atoms with van der Waals surface area (Å²) in [4.78, 5) is 0. The van der Waals surface area contributed by atoms with Crippen molar-refractivity contribution in [1.82, 2.24) is 0 Å². The smallest absolute Gasteiger partial charge is 0.155 e. The maximum atomic E-state index is 11.0. The highest BCUT2D eigenvalue weighted by molar-refractivity contribution is 7.93. The lowest BCUT2D eigenvalue weighted by Crippen LogP contribution is -2.47. The van der Waals surface area contributed by atoms with Crippen LogP contribution < -0.4 is 0 Å². The van der Waals surface area contributed by atoms with Gasteiger partial charge in [0.15, 0.2) is 9.84 Å². The molecule has 11 heavy (non-hydrogen) atoms. The first-order chi connectivity index (χ1) is 4.95. The molecule has 2 atom stereocenters. The zero-order chi connectivity index (χ0) is 8.65. The van der Waals surface area contributed by atoms with Gasteiger partial charge in [0, 0.05) is 0 Å². The number of aliphatic hydroxyl groups is 1. The van der Waals surface area contributed by atoms with E-state index in [1.807, 2.05) is 13.8 Å². The molecule has 66 valence electrons. The molecule has 0 aromatic rings. The van der Waals surface area contributed by atoms with Gasteiger partial charge in [-0.3, -0.25) is 0 Å². The second-order valence-corrected chi connectivity index (χ2v) is 5.77. The van der Waals surface area contributed by atoms with Crippen molar-refractivity contribution in [3.63, 3.8) is 0 Å². The summed E-state index contributed by atoms with van der Waals surface area (Å²) in [5.74, 6) is 0.289. The number of aliphatic hydroxyl groups excluding tert-OH is 1. The molecular formula is C7H14O3S. The van der Waals surface area contributed by atoms with E-state index in [4.69, 9.17) is 0 Å². The fourth-order valence-corrected chi connectivity index (χ4v) is 2.89. The van der Waals surface area contributed by atoms with Gasteiger partial charge in [-0.25, -0.2) is 8.42 Å². The summed E-state index contributed by atoms with van der Waals surface area (Å²) in [6, 6.07) is 0. The maximum absolute atomic E-state index is 11.0. The molecule has 0 radical (unpaired) electrons. The van der Waals surface area contributed by atoms with Gasteiger partial charge in [0.25, 0.3) is 0 Å². The van der Waals surface area contributed by atoms with Crippen molar-refractivity contribution in [2.45, 2.75) is 31.6 Å². The van der Waals surface area contributed by atoms with Crippen LogP contribution in [0, 0.1) is 5.92 Å². The van der Waals surface area contributed by atoms with Crippen LogP contribution in [0.3, 0.4) is 0 Å². The number of rotatable bonds is 2. The van der Waals surface area contributed by atoms with Crippen LogP contribution in [0.1, 0.15) is 20.3 Å². The van der Waals surface area contributed by atoms with Crippen LogP contribution in [-0.4, -0.2) is 30.6 Å². The highest BCUT2D eigenvalue weighted by Gasteiger charge is 2.41. The van der Waals surface area contributed by atoms with Gasteiger partial charge in [0.2, 0.25) is 0 Å². The molecular weight excluding hydrogens is 164 g/mol. The first-order valence-electron chi connectivity index (χ1n) is 3.85. The molecule has 1 heterocycles. The standard InChI is InChI=1S/C7H14O3S/c1-5(2)7(8)6-3-4-11(6,9)10/h5-8H,3-4H2,1-2H3. The third-order valence-corrected chi connectivity index (χ3v) is 4.45. The summed E-state index contributed by atoms with van der Waals surface area (Å²) < 4.78 is 22.0. The highest BCUT2D eigenvalue weighted by atomic mass is 32.2. The summed E-state index contributed by atoms with van der Waals surface area (Å²) in [7, 11) is -2.92. The van der Waals surface area contributed by atoms with E-state index in [0.717, 1.165) is 0 Å². The molecule has 0 bridgehead atoms. The van der Waals surface area contributed by atoms with Crippen LogP contribution in [0.5, 0.6) is 0 Å². The fraction of sp³-hybridized carbons (Fsp3) is 1.00. The monoisotopic (exact) mass is 178 g/mol. The van der Waals surface area contributed by atoms with E-state index in [1.165, 1.54) is 0 Å². The van der Waals surface area contributed by atoms with E-state index >= 15 is 0 Å². The van der Waals surface area contributed by atoms with Gasteiger partial charge in [-0.1, -0.05) is 13.8 Å². The van der Waals surface area contributed by atoms with Crippen LogP contribution in [-0.2, 0) is 9.84 Å². The molecule has 0 saturated carbocycles. The van der Waals surface area contributed by atoms with E-state index in [1.54, 1.807) is 0 Å². The van der Waals surface area contributed by atoms with Gasteiger partial charge in [-0.2, -0.15) is 0 Å². The minimum absolute atomic E-state index is 0.0371. The lowest BCUT2D eigenvalue weighted by molar-refractivity contribution is 0.113. The van der Waals surface area contributed by atoms with E-state index in [-0.39, 0.29) is 11.7 Å². The number of sulfone groups is 1. The first kappa shape index (κ1) is 9.00. The Labute approximate surface area is 67.3 Å². The molecule has 1 aliphatic rings. The third-order valence-electron chi connectivity index (χ3n) is 2.21. The Morgan fingerprint density at radius 3 is 2.09 bits per heavy atom. The zero-order valence-corrected chi connectivity index (χ0v) is 7.63. The van der Waals surface area contributed by atoms with E-state index in [0.29, 0.717) is 6.42 Å². The van der Waals surface area contributed by atoms with Crippen molar-refractivity contribution in [1.29, 1.82) is 0 Å². The molecule has 0 aromatic carbocycles. The Morgan fingerprint density at radius 2 is 2.00 bits per heavy atom. The summed E-state index contributed by atoms with van der Waals surface area (Å²) in [6.07, 6.45) is -0.0458. The van der Waals surface area contributed by atoms with E-state index in [9.17, 15) is 13.5 Å². The van der Waals surface area contributed by atoms with Crippen LogP contribution in [0.15, 0.2) is 0 Å². The quantitative estimate of drug-likeness (QED) is 0.656. The van der Waals surface area contributed by atoms with Crippen LogP contribution in [0.2, 0.25) is 0 Å². The molecule has 1 saturated heterocycles. The Hall–Kier alpha value is -0.0900. The highest BCUT2D eigenvalue weighted by Crippen LogP contribution is 2.26. The summed E-state index contributed by atoms with van der Waals surface area (Å²) in [5, 5.41) is 8.92. The van der Waals surface area contributed by atoms with Crippen molar-refractivity contribution in [2.75, 3.05) is 5.75 Å². The largest absolute Gasteiger partial charge is 0.392 e. The predicted molar refractivity (Wildman–Crippen MR) is 43.0 cm³/mol. The van der Waals surface area contributed by atoms with Gasteiger partial charge >= 0.3 is 0 Å². The van der Waals surface area contributed by atoms with Gasteiger partial charge < -0.3 is 5.11 Å². The molecule has 0 aliphatic carbocycles. The average molecular weight is 178 g/mol. The Morgan fingerprint density at radius 1 is 1.45 bits per heavy atom. The summed E-state index contributed by atoms with van der Waals surface area (Å²) in [5.41, 5.74) is 0. The molecule has 0 spiro atoms. The van der Waals surface area contributed by atoms with E-state index < -0.39 is 21.2 Å². The zero-order valence-electron chi connectivity index (χ0n) is 6.82. The number of hydrogen-bond donors (Lipinski definition) is 1. The van der Waals surface area contributed by atoms with Crippen molar-refractivity contribution in [3.8, 4) is 0 Å². The van der Waals surface area contributed by atoms with Crippen LogP contribution in [0.25, 0.3) is 0 Å². The molecule has 0 aromatic heterocycles. The normalized spacial score (nSPS) is 31.5. The topological polar surface area (TPSA) is 54.4 Å². The lowest BCUT2D eigenvalue weighted by atomic mass is 10.0. The van der Waals surface area contributed by atoms with Crippen molar-refractivity contribution in [2.24, 2.45) is 5.92 Å². The minimum Gasteiger partial charge on any atom is -0.392 e. The average Bonchev–Trinajstić information content (AvgIpc) is 1.85. The van der Waals surface area contributed by atoms with E-state index in [2.05, 4.69) is 0 Å². The Kier molecular flexibility index (Phi) is 2.25. The lowest BCUT2D eigenvalue weighted by Gasteiger charge is -2.32. The van der Waals surface area contributed by atoms with Crippen molar-refractivity contribution in [3.05, 3.63) is 0 Å². The molecule has 1 rings (SSSR count). The third kappa shape index (κ3) is 1.56. The summed E-state index contributed by atoms with van der Waals surface area (Å²) in [6.45, 7) is 3.66. The molecule has 4 heteroatoms. The minimum atomic E-state index is -2.92. The van der Waals surface area contributed by atoms with Crippen molar-refractivity contribution >= 4 is 9.84 Å². The fourth-order valence-electron chi connectivity index (χ4n) is 1.26. The SMILES string of the molecule is CC(C)C(O)C1CCS1(=O)=O. The van der Waals surface area contributed by atoms with Crippen LogP contribution >= 0.6 is 0 Å². The van der Waals surface area contributed by atoms with Gasteiger partial charge in [0.05, 0.1) is 17.1 Å². The molecule has 3 nitrogen and oxygen atoms in total. The Bertz CT molecular complexity index is 230. The molecule has 1 N–H and O–H groups in total. The summed E-state index contributed by atoms with van der Waals surface area (Å²) >= 11 is 0. The number of hydrogen-bond acceptors (Lipinski definition) is 3. The Balaban J connectivity index is 2.64. The second-order valence-electron chi connectivity index (χ2n) is 3.43. The molecule has 0 amide bonds. The maximum Gasteiger partial charge on any atom is 0.155 e. The first-order valence-corrected chi connectivity index (χ1v) is 5.56. The van der Waals surface area contributed by atoms with Crippen molar-refractivity contribution < 1.29 is 13.5 Å². The van der Waals surface area contributed by atoms with Gasteiger partial charge in [-0.15, -0.1) is 0 Å². The second kappa shape index (κ2) is 2.75.